The number of nitrogens with zero attached hydrogens (tertiary/aromatic N) is 2. The number of primary sulfonamides is 2. The molecule has 4 rings (SSSR count). The third kappa shape index (κ3) is 5.04. The van der Waals surface area contributed by atoms with Crippen LogP contribution < -0.4 is 10.3 Å². The van der Waals surface area contributed by atoms with Crippen LogP contribution in [0.15, 0.2) is 82.6 Å². The predicted molar refractivity (Wildman–Crippen MR) is 127 cm³/mol. The van der Waals surface area contributed by atoms with Gasteiger partial charge in [0.15, 0.2) is 5.69 Å². The highest BCUT2D eigenvalue weighted by Crippen LogP contribution is 2.43. The lowest BCUT2D eigenvalue weighted by Crippen LogP contribution is -2.12. The van der Waals surface area contributed by atoms with Gasteiger partial charge in [-0.05, 0) is 48.9 Å². The van der Waals surface area contributed by atoms with Gasteiger partial charge in [0.05, 0.1) is 21.2 Å². The maximum Gasteiger partial charge on any atom is 0.435 e. The maximum atomic E-state index is 14.2. The Balaban J connectivity index is 2.05. The molecule has 0 saturated carbocycles. The fourth-order valence-electron chi connectivity index (χ4n) is 3.64. The second-order valence-electron chi connectivity index (χ2n) is 7.96. The number of nitrogens with two attached hydrogens (primary N) is 2. The molecule has 0 aliphatic heterocycles. The van der Waals surface area contributed by atoms with E-state index in [1.54, 1.807) is 24.3 Å². The zero-order chi connectivity index (χ0) is 26.5. The van der Waals surface area contributed by atoms with Crippen molar-refractivity contribution in [2.45, 2.75) is 22.9 Å². The molecule has 13 heteroatoms. The monoisotopic (exact) mass is 536 g/mol. The van der Waals surface area contributed by atoms with Crippen molar-refractivity contribution in [3.05, 3.63) is 84.1 Å². The van der Waals surface area contributed by atoms with Crippen LogP contribution in [0.2, 0.25) is 0 Å². The molecule has 0 bridgehead atoms. The highest BCUT2D eigenvalue weighted by atomic mass is 32.2. The molecule has 0 radical (unpaired) electrons. The Hall–Kier alpha value is -3.52. The van der Waals surface area contributed by atoms with Gasteiger partial charge in [-0.2, -0.15) is 18.3 Å². The van der Waals surface area contributed by atoms with Gasteiger partial charge in [0.1, 0.15) is 0 Å². The van der Waals surface area contributed by atoms with Crippen LogP contribution in [-0.4, -0.2) is 26.6 Å². The van der Waals surface area contributed by atoms with Gasteiger partial charge in [0.25, 0.3) is 0 Å². The van der Waals surface area contributed by atoms with E-state index in [9.17, 15) is 30.0 Å². The summed E-state index contributed by atoms with van der Waals surface area (Å²) >= 11 is 0. The molecule has 4 aromatic rings. The molecule has 188 valence electrons. The largest absolute Gasteiger partial charge is 0.435 e. The minimum atomic E-state index is -4.88. The average Bonchev–Trinajstić information content (AvgIpc) is 3.20. The summed E-state index contributed by atoms with van der Waals surface area (Å²) in [4.78, 5) is -0.479. The van der Waals surface area contributed by atoms with Crippen molar-refractivity contribution in [3.8, 4) is 28.1 Å². The van der Waals surface area contributed by atoms with Crippen LogP contribution in [-0.2, 0) is 26.2 Å². The number of halogens is 3. The normalized spacial score (nSPS) is 12.6. The first kappa shape index (κ1) is 25.6. The van der Waals surface area contributed by atoms with E-state index in [0.29, 0.717) is 5.56 Å². The minimum Gasteiger partial charge on any atom is -0.232 e. The number of rotatable bonds is 5. The van der Waals surface area contributed by atoms with Gasteiger partial charge in [-0.25, -0.2) is 31.8 Å². The summed E-state index contributed by atoms with van der Waals surface area (Å²) in [6, 6.07) is 16.3. The Labute approximate surface area is 205 Å². The molecule has 1 aromatic heterocycles. The van der Waals surface area contributed by atoms with Crippen molar-refractivity contribution in [1.82, 2.24) is 9.78 Å². The van der Waals surface area contributed by atoms with Crippen molar-refractivity contribution >= 4 is 20.0 Å². The lowest BCUT2D eigenvalue weighted by Gasteiger charge is -2.12. The first-order chi connectivity index (χ1) is 16.7. The van der Waals surface area contributed by atoms with Gasteiger partial charge < -0.3 is 0 Å². The van der Waals surface area contributed by atoms with Crippen LogP contribution in [0.25, 0.3) is 28.1 Å². The first-order valence-corrected chi connectivity index (χ1v) is 13.3. The van der Waals surface area contributed by atoms with Crippen molar-refractivity contribution in [2.75, 3.05) is 0 Å². The second-order valence-corrected chi connectivity index (χ2v) is 11.1. The van der Waals surface area contributed by atoms with Crippen LogP contribution in [0.5, 0.6) is 0 Å². The summed E-state index contributed by atoms with van der Waals surface area (Å²) in [6.07, 6.45) is -4.88. The molecule has 4 N–H and O–H groups in total. The fraction of sp³-hybridized carbons (Fsp3) is 0.0870. The molecular weight excluding hydrogens is 517 g/mol. The molecule has 0 fully saturated rings. The molecule has 1 heterocycles. The molecule has 0 atom stereocenters. The highest BCUT2D eigenvalue weighted by Gasteiger charge is 2.40. The second kappa shape index (κ2) is 8.85. The zero-order valence-corrected chi connectivity index (χ0v) is 20.2. The standard InChI is InChI=1S/C23H19F3N4O4S2/c1-14-2-4-16(5-3-14)21-20(15-6-10-18(11-7-15)35(27,31)32)22(23(24,25)26)29-30(21)17-8-12-19(13-9-17)36(28,33)34/h2-13H,1H3,(H2,27,31,32)(H2,28,33,34). The summed E-state index contributed by atoms with van der Waals surface area (Å²) in [5.74, 6) is 0. The van der Waals surface area contributed by atoms with E-state index in [1.807, 2.05) is 6.92 Å². The summed E-state index contributed by atoms with van der Waals surface area (Å²) in [7, 11) is -8.09. The van der Waals surface area contributed by atoms with Gasteiger partial charge in [-0.15, -0.1) is 0 Å². The van der Waals surface area contributed by atoms with E-state index in [2.05, 4.69) is 5.10 Å². The SMILES string of the molecule is Cc1ccc(-c2c(-c3ccc(S(N)(=O)=O)cc3)c(C(F)(F)F)nn2-c2ccc(S(N)(=O)=O)cc2)cc1. The lowest BCUT2D eigenvalue weighted by atomic mass is 9.97. The first-order valence-electron chi connectivity index (χ1n) is 10.2. The van der Waals surface area contributed by atoms with Crippen molar-refractivity contribution in [2.24, 2.45) is 10.3 Å². The number of hydrogen-bond acceptors (Lipinski definition) is 5. The zero-order valence-electron chi connectivity index (χ0n) is 18.6. The Kier molecular flexibility index (Phi) is 6.29. The number of aromatic nitrogens is 2. The lowest BCUT2D eigenvalue weighted by molar-refractivity contribution is -0.140. The van der Waals surface area contributed by atoms with Crippen molar-refractivity contribution in [3.63, 3.8) is 0 Å². The highest BCUT2D eigenvalue weighted by molar-refractivity contribution is 7.89. The number of alkyl halides is 3. The third-order valence-corrected chi connectivity index (χ3v) is 7.22. The Morgan fingerprint density at radius 2 is 1.17 bits per heavy atom. The van der Waals surface area contributed by atoms with Gasteiger partial charge >= 0.3 is 6.18 Å². The van der Waals surface area contributed by atoms with Crippen LogP contribution >= 0.6 is 0 Å². The van der Waals surface area contributed by atoms with Gasteiger partial charge in [-0.3, -0.25) is 0 Å². The van der Waals surface area contributed by atoms with Crippen LogP contribution in [0.3, 0.4) is 0 Å². The van der Waals surface area contributed by atoms with E-state index < -0.39 is 31.9 Å². The number of hydrogen-bond donors (Lipinski definition) is 2. The number of benzene rings is 3. The van der Waals surface area contributed by atoms with E-state index in [4.69, 9.17) is 10.3 Å². The van der Waals surface area contributed by atoms with Crippen LogP contribution in [0, 0.1) is 6.92 Å². The maximum absolute atomic E-state index is 14.2. The molecule has 36 heavy (non-hydrogen) atoms. The van der Waals surface area contributed by atoms with Crippen LogP contribution in [0.1, 0.15) is 11.3 Å². The van der Waals surface area contributed by atoms with E-state index >= 15 is 0 Å². The van der Waals surface area contributed by atoms with Crippen molar-refractivity contribution in [1.29, 1.82) is 0 Å². The summed E-state index contributed by atoms with van der Waals surface area (Å²) in [6.45, 7) is 1.82. The number of aryl methyl sites for hydroxylation is 1. The molecule has 0 unspecified atom stereocenters. The van der Waals surface area contributed by atoms with Gasteiger partial charge in [-0.1, -0.05) is 42.0 Å². The Morgan fingerprint density at radius 3 is 1.61 bits per heavy atom. The quantitative estimate of drug-likeness (QED) is 0.399. The Morgan fingerprint density at radius 1 is 0.722 bits per heavy atom. The third-order valence-electron chi connectivity index (χ3n) is 5.36. The van der Waals surface area contributed by atoms with Crippen molar-refractivity contribution < 1.29 is 30.0 Å². The van der Waals surface area contributed by atoms with Gasteiger partial charge in [0, 0.05) is 11.1 Å². The summed E-state index contributed by atoms with van der Waals surface area (Å²) in [5, 5.41) is 14.1. The van der Waals surface area contributed by atoms with Gasteiger partial charge in [0.2, 0.25) is 20.0 Å². The van der Waals surface area contributed by atoms with E-state index in [-0.39, 0.29) is 32.3 Å². The smallest absolute Gasteiger partial charge is 0.232 e. The van der Waals surface area contributed by atoms with E-state index in [0.717, 1.165) is 22.4 Å². The molecular formula is C23H19F3N4O4S2. The molecule has 0 saturated heterocycles. The number of sulfonamides is 2. The molecule has 0 spiro atoms. The molecule has 0 aliphatic rings. The predicted octanol–water partition coefficient (Wildman–Crippen LogP) is 3.83. The fourth-order valence-corrected chi connectivity index (χ4v) is 4.67. The summed E-state index contributed by atoms with van der Waals surface area (Å²) < 4.78 is 90.3. The molecule has 3 aromatic carbocycles. The average molecular weight is 537 g/mol. The topological polar surface area (TPSA) is 138 Å². The molecule has 0 amide bonds. The minimum absolute atomic E-state index is 0.0534. The molecule has 8 nitrogen and oxygen atoms in total. The summed E-state index contributed by atoms with van der Waals surface area (Å²) in [5.41, 5.74) is 0.0319. The van der Waals surface area contributed by atoms with E-state index in [1.165, 1.54) is 36.4 Å². The van der Waals surface area contributed by atoms with Crippen LogP contribution in [0.4, 0.5) is 13.2 Å². The Bertz CT molecular complexity index is 1640. The molecule has 0 aliphatic carbocycles.